The van der Waals surface area contributed by atoms with Crippen molar-refractivity contribution >= 4 is 49.1 Å². The molecule has 0 N–H and O–H groups in total. The van der Waals surface area contributed by atoms with Crippen LogP contribution in [0, 0.1) is 5.41 Å². The van der Waals surface area contributed by atoms with Gasteiger partial charge in [0, 0.05) is 25.3 Å². The summed E-state index contributed by atoms with van der Waals surface area (Å²) >= 11 is 1.47. The molecule has 2 atom stereocenters. The number of benzene rings is 1. The van der Waals surface area contributed by atoms with Crippen LogP contribution in [0.25, 0.3) is 10.9 Å². The van der Waals surface area contributed by atoms with Crippen molar-refractivity contribution in [3.05, 3.63) is 46.6 Å². The first-order valence-electron chi connectivity index (χ1n) is 13.0. The summed E-state index contributed by atoms with van der Waals surface area (Å²) in [6.45, 7) is 12.4. The minimum absolute atomic E-state index is 0.116. The predicted octanol–water partition coefficient (Wildman–Crippen LogP) is 4.22. The number of carbonyl (C=O) groups is 1. The van der Waals surface area contributed by atoms with Gasteiger partial charge in [-0.15, -0.1) is 0 Å². The van der Waals surface area contributed by atoms with Gasteiger partial charge in [0.1, 0.15) is 16.9 Å². The van der Waals surface area contributed by atoms with E-state index in [1.165, 1.54) is 11.8 Å². The number of hydrogen-bond donors (Lipinski definition) is 0. The summed E-state index contributed by atoms with van der Waals surface area (Å²) < 4.78 is 7.91. The highest BCUT2D eigenvalue weighted by molar-refractivity contribution is 7.98. The van der Waals surface area contributed by atoms with E-state index in [9.17, 15) is 9.59 Å². The highest BCUT2D eigenvalue weighted by Gasteiger charge is 2.38. The number of anilines is 2. The first-order valence-corrected chi connectivity index (χ1v) is 16.7. The highest BCUT2D eigenvalue weighted by Crippen LogP contribution is 2.36. The molecule has 4 heterocycles. The molecule has 0 saturated carbocycles. The molecule has 2 aliphatic rings. The number of hydrogen-bond acceptors (Lipinski definition) is 8. The zero-order chi connectivity index (χ0) is 27.2. The monoisotopic (exact) mass is 551 g/mol. The third-order valence-electron chi connectivity index (χ3n) is 7.28. The summed E-state index contributed by atoms with van der Waals surface area (Å²) in [5.41, 5.74) is 1.39. The lowest BCUT2D eigenvalue weighted by Gasteiger charge is -2.32. The fraction of sp³-hybridized carbons (Fsp3) is 0.519. The molecule has 9 nitrogen and oxygen atoms in total. The summed E-state index contributed by atoms with van der Waals surface area (Å²) in [5, 5.41) is 1.14. The van der Waals surface area contributed by atoms with Crippen LogP contribution in [0.4, 0.5) is 11.5 Å². The molecule has 1 unspecified atom stereocenters. The molecule has 1 saturated heterocycles. The van der Waals surface area contributed by atoms with Crippen molar-refractivity contribution in [2.24, 2.45) is 5.41 Å². The SMILES string of the molecule is CSc1ncc2c(n1)N1CCC[C@H]1CN(c1cccc3c(=O)n(CC(O[Si](C)C)C(C)(C)C)cnc13)C2=O. The van der Waals surface area contributed by atoms with Crippen LogP contribution in [0.1, 0.15) is 44.0 Å². The Morgan fingerprint density at radius 1 is 1.21 bits per heavy atom. The van der Waals surface area contributed by atoms with E-state index in [4.69, 9.17) is 14.4 Å². The molecule has 1 fully saturated rings. The van der Waals surface area contributed by atoms with Gasteiger partial charge in [-0.05, 0) is 49.7 Å². The zero-order valence-corrected chi connectivity index (χ0v) is 24.7. The van der Waals surface area contributed by atoms with E-state index < -0.39 is 9.04 Å². The van der Waals surface area contributed by atoms with Crippen LogP contribution in [-0.2, 0) is 11.0 Å². The molecular weight excluding hydrogens is 516 g/mol. The first-order chi connectivity index (χ1) is 18.1. The third-order valence-corrected chi connectivity index (χ3v) is 8.59. The lowest BCUT2D eigenvalue weighted by Crippen LogP contribution is -2.40. The van der Waals surface area contributed by atoms with Gasteiger partial charge in [0.2, 0.25) is 9.04 Å². The van der Waals surface area contributed by atoms with Crippen LogP contribution in [0.3, 0.4) is 0 Å². The molecule has 0 aliphatic carbocycles. The maximum absolute atomic E-state index is 13.9. The van der Waals surface area contributed by atoms with Crippen molar-refractivity contribution in [3.8, 4) is 0 Å². The van der Waals surface area contributed by atoms with Gasteiger partial charge >= 0.3 is 0 Å². The Labute approximate surface area is 229 Å². The molecule has 3 aromatic rings. The topological polar surface area (TPSA) is 93.5 Å². The van der Waals surface area contributed by atoms with Crippen LogP contribution in [-0.4, -0.2) is 66.0 Å². The highest BCUT2D eigenvalue weighted by atomic mass is 32.2. The van der Waals surface area contributed by atoms with E-state index in [-0.39, 0.29) is 29.0 Å². The van der Waals surface area contributed by atoms with E-state index >= 15 is 0 Å². The smallest absolute Gasteiger partial charge is 0.263 e. The second-order valence-electron chi connectivity index (χ2n) is 11.3. The van der Waals surface area contributed by atoms with Gasteiger partial charge in [-0.2, -0.15) is 0 Å². The molecule has 11 heteroatoms. The summed E-state index contributed by atoms with van der Waals surface area (Å²) in [7, 11) is -0.951. The number of carbonyl (C=O) groups excluding carboxylic acids is 1. The summed E-state index contributed by atoms with van der Waals surface area (Å²) in [4.78, 5) is 45.4. The number of thioether (sulfide) groups is 1. The predicted molar refractivity (Wildman–Crippen MR) is 154 cm³/mol. The van der Waals surface area contributed by atoms with Crippen LogP contribution in [0.2, 0.25) is 13.1 Å². The summed E-state index contributed by atoms with van der Waals surface area (Å²) in [6.07, 6.45) is 7.06. The molecule has 1 aromatic carbocycles. The van der Waals surface area contributed by atoms with Crippen molar-refractivity contribution in [1.29, 1.82) is 0 Å². The molecule has 0 spiro atoms. The number of amides is 1. The first kappa shape index (κ1) is 26.8. The molecule has 38 heavy (non-hydrogen) atoms. The van der Waals surface area contributed by atoms with Crippen molar-refractivity contribution in [3.63, 3.8) is 0 Å². The number of aromatic nitrogens is 4. The van der Waals surface area contributed by atoms with Gasteiger partial charge in [0.15, 0.2) is 5.16 Å². The second-order valence-corrected chi connectivity index (χ2v) is 14.1. The van der Waals surface area contributed by atoms with Gasteiger partial charge in [-0.25, -0.2) is 15.0 Å². The van der Waals surface area contributed by atoms with Crippen molar-refractivity contribution < 1.29 is 9.22 Å². The van der Waals surface area contributed by atoms with E-state index in [1.54, 1.807) is 28.1 Å². The summed E-state index contributed by atoms with van der Waals surface area (Å²) in [5.74, 6) is 0.540. The fourth-order valence-corrected chi connectivity index (χ4v) is 6.58. The molecule has 1 radical (unpaired) electrons. The maximum atomic E-state index is 13.9. The molecule has 2 aromatic heterocycles. The van der Waals surface area contributed by atoms with Crippen LogP contribution in [0.5, 0.6) is 0 Å². The number of para-hydroxylation sites is 1. The molecular formula is C27H35N6O3SSi. The molecule has 1 amide bonds. The van der Waals surface area contributed by atoms with Crippen molar-refractivity contribution in [2.45, 2.75) is 70.6 Å². The third kappa shape index (κ3) is 4.99. The Hall–Kier alpha value is -2.76. The van der Waals surface area contributed by atoms with Crippen LogP contribution >= 0.6 is 11.8 Å². The number of rotatable bonds is 6. The number of nitrogens with zero attached hydrogens (tertiary/aromatic N) is 6. The standard InChI is InChI=1S/C27H35N6O3SSi/c1-27(2,3)21(36-38(5)6)15-31-16-29-22-18(24(31)34)10-7-11-20(22)33-14-17-9-8-12-32(17)23-19(25(33)35)13-28-26(30-23)37-4/h7,10-11,13,16-17,21H,8-9,12,14-15H2,1-6H3/t17-,21?/m0/s1. The number of fused-ring (bicyclic) bond motifs is 4. The normalized spacial score (nSPS) is 18.6. The van der Waals surface area contributed by atoms with E-state index in [0.717, 1.165) is 19.4 Å². The van der Waals surface area contributed by atoms with Gasteiger partial charge in [-0.1, -0.05) is 38.6 Å². The maximum Gasteiger partial charge on any atom is 0.263 e. The molecule has 0 bridgehead atoms. The summed E-state index contributed by atoms with van der Waals surface area (Å²) in [6, 6.07) is 5.64. The van der Waals surface area contributed by atoms with Gasteiger partial charge in [0.25, 0.3) is 11.5 Å². The quantitative estimate of drug-likeness (QED) is 0.255. The second kappa shape index (κ2) is 10.4. The Morgan fingerprint density at radius 2 is 2.00 bits per heavy atom. The van der Waals surface area contributed by atoms with E-state index in [1.807, 2.05) is 18.4 Å². The molecule has 5 rings (SSSR count). The van der Waals surface area contributed by atoms with Gasteiger partial charge in [0.05, 0.1) is 30.0 Å². The Balaban J connectivity index is 1.57. The largest absolute Gasteiger partial charge is 0.412 e. The fourth-order valence-electron chi connectivity index (χ4n) is 5.25. The van der Waals surface area contributed by atoms with Crippen molar-refractivity contribution in [1.82, 2.24) is 19.5 Å². The lowest BCUT2D eigenvalue weighted by atomic mass is 9.89. The minimum Gasteiger partial charge on any atom is -0.412 e. The minimum atomic E-state index is -0.951. The van der Waals surface area contributed by atoms with Crippen LogP contribution < -0.4 is 15.4 Å². The van der Waals surface area contributed by atoms with E-state index in [2.05, 4.69) is 43.7 Å². The average Bonchev–Trinajstić information content (AvgIpc) is 3.31. The van der Waals surface area contributed by atoms with E-state index in [0.29, 0.717) is 46.2 Å². The zero-order valence-electron chi connectivity index (χ0n) is 22.9. The van der Waals surface area contributed by atoms with Crippen molar-refractivity contribution in [2.75, 3.05) is 29.1 Å². The Bertz CT molecular complexity index is 1420. The lowest BCUT2D eigenvalue weighted by molar-refractivity contribution is 0.0694. The van der Waals surface area contributed by atoms with Crippen LogP contribution in [0.15, 0.2) is 40.7 Å². The average molecular weight is 552 g/mol. The molecule has 201 valence electrons. The van der Waals surface area contributed by atoms with Gasteiger partial charge < -0.3 is 14.2 Å². The Morgan fingerprint density at radius 3 is 2.71 bits per heavy atom. The Kier molecular flexibility index (Phi) is 7.36. The molecule has 2 aliphatic heterocycles. The van der Waals surface area contributed by atoms with Gasteiger partial charge in [-0.3, -0.25) is 14.2 Å².